The number of hydrazone groups is 1. The molecule has 2 aromatic rings. The van der Waals surface area contributed by atoms with E-state index in [4.69, 9.17) is 15.7 Å². The van der Waals surface area contributed by atoms with Crippen LogP contribution in [0.25, 0.3) is 0 Å². The van der Waals surface area contributed by atoms with E-state index in [1.165, 1.54) is 0 Å². The lowest BCUT2D eigenvalue weighted by Crippen LogP contribution is -2.23. The fourth-order valence-corrected chi connectivity index (χ4v) is 1.62. The molecule has 2 rings (SSSR count). The number of nitrogens with one attached hydrogen (secondary N) is 1. The molecule has 104 valence electrons. The van der Waals surface area contributed by atoms with Crippen LogP contribution in [0, 0.1) is 11.3 Å². The van der Waals surface area contributed by atoms with Crippen LogP contribution in [0.1, 0.15) is 11.1 Å². The third kappa shape index (κ3) is 4.60. The van der Waals surface area contributed by atoms with Crippen LogP contribution in [0.4, 0.5) is 0 Å². The molecule has 6 heteroatoms. The average molecular weight is 296 g/mol. The number of thiocarbonyl (C=S) groups is 1. The molecule has 0 aliphatic carbocycles. The minimum absolute atomic E-state index is 0.108. The topological polar surface area (TPSA) is 83.4 Å². The molecule has 0 heterocycles. The summed E-state index contributed by atoms with van der Waals surface area (Å²) in [7, 11) is 0. The van der Waals surface area contributed by atoms with E-state index in [1.54, 1.807) is 30.5 Å². The molecular formula is C15H12N4OS. The maximum absolute atomic E-state index is 8.75. The maximum Gasteiger partial charge on any atom is 0.184 e. The molecule has 0 spiro atoms. The zero-order chi connectivity index (χ0) is 15.1. The van der Waals surface area contributed by atoms with Crippen LogP contribution < -0.4 is 15.9 Å². The SMILES string of the molecule is N#Cc1ccc(Oc2cccc(C=NNC(N)=S)c2)cc1. The highest BCUT2D eigenvalue weighted by Crippen LogP contribution is 2.22. The second-order valence-electron chi connectivity index (χ2n) is 4.04. The fourth-order valence-electron chi connectivity index (χ4n) is 1.56. The number of benzene rings is 2. The van der Waals surface area contributed by atoms with E-state index in [0.29, 0.717) is 17.1 Å². The number of nitrogens with zero attached hydrogens (tertiary/aromatic N) is 2. The van der Waals surface area contributed by atoms with Crippen molar-refractivity contribution in [3.05, 3.63) is 59.7 Å². The highest BCUT2D eigenvalue weighted by Gasteiger charge is 1.99. The third-order valence-electron chi connectivity index (χ3n) is 2.47. The number of hydrogen-bond acceptors (Lipinski definition) is 4. The van der Waals surface area contributed by atoms with Crippen LogP contribution in [-0.2, 0) is 0 Å². The Morgan fingerprint density at radius 2 is 2.00 bits per heavy atom. The molecule has 5 nitrogen and oxygen atoms in total. The van der Waals surface area contributed by atoms with Gasteiger partial charge in [-0.2, -0.15) is 10.4 Å². The monoisotopic (exact) mass is 296 g/mol. The summed E-state index contributed by atoms with van der Waals surface area (Å²) < 4.78 is 5.70. The summed E-state index contributed by atoms with van der Waals surface area (Å²) in [6, 6.07) is 16.3. The number of nitriles is 1. The van der Waals surface area contributed by atoms with Gasteiger partial charge in [0, 0.05) is 0 Å². The second kappa shape index (κ2) is 7.03. The number of hydrogen-bond donors (Lipinski definition) is 2. The smallest absolute Gasteiger partial charge is 0.184 e. The lowest BCUT2D eigenvalue weighted by molar-refractivity contribution is 0.482. The summed E-state index contributed by atoms with van der Waals surface area (Å²) in [5, 5.41) is 12.7. The van der Waals surface area contributed by atoms with Crippen molar-refractivity contribution in [1.29, 1.82) is 5.26 Å². The van der Waals surface area contributed by atoms with Gasteiger partial charge in [0.25, 0.3) is 0 Å². The normalized spacial score (nSPS) is 10.0. The number of rotatable bonds is 4. The van der Waals surface area contributed by atoms with Gasteiger partial charge >= 0.3 is 0 Å². The van der Waals surface area contributed by atoms with Gasteiger partial charge in [0.15, 0.2) is 5.11 Å². The standard InChI is InChI=1S/C15H12N4OS/c16-9-11-4-6-13(7-5-11)20-14-3-1-2-12(8-14)10-18-19-15(17)21/h1-8,10H,(H3,17,19,21). The predicted molar refractivity (Wildman–Crippen MR) is 85.2 cm³/mol. The molecule has 0 saturated heterocycles. The molecule has 0 aliphatic rings. The highest BCUT2D eigenvalue weighted by molar-refractivity contribution is 7.80. The first-order chi connectivity index (χ1) is 10.2. The lowest BCUT2D eigenvalue weighted by atomic mass is 10.2. The number of nitrogens with two attached hydrogens (primary N) is 1. The van der Waals surface area contributed by atoms with Crippen molar-refractivity contribution in [2.45, 2.75) is 0 Å². The van der Waals surface area contributed by atoms with Crippen molar-refractivity contribution >= 4 is 23.5 Å². The van der Waals surface area contributed by atoms with Gasteiger partial charge < -0.3 is 10.5 Å². The predicted octanol–water partition coefficient (Wildman–Crippen LogP) is 2.52. The molecule has 0 fully saturated rings. The first-order valence-electron chi connectivity index (χ1n) is 6.04. The Labute approximate surface area is 127 Å². The fraction of sp³-hybridized carbons (Fsp3) is 0. The van der Waals surface area contributed by atoms with Crippen molar-refractivity contribution in [2.24, 2.45) is 10.8 Å². The van der Waals surface area contributed by atoms with Gasteiger partial charge in [-0.05, 0) is 54.2 Å². The first-order valence-corrected chi connectivity index (χ1v) is 6.45. The van der Waals surface area contributed by atoms with Gasteiger partial charge in [0.1, 0.15) is 11.5 Å². The van der Waals surface area contributed by atoms with E-state index in [9.17, 15) is 0 Å². The Balaban J connectivity index is 2.08. The number of ether oxygens (including phenoxy) is 1. The molecule has 0 bridgehead atoms. The van der Waals surface area contributed by atoms with E-state index >= 15 is 0 Å². The van der Waals surface area contributed by atoms with E-state index in [0.717, 1.165) is 5.56 Å². The summed E-state index contributed by atoms with van der Waals surface area (Å²) in [4.78, 5) is 0. The van der Waals surface area contributed by atoms with Crippen LogP contribution in [-0.4, -0.2) is 11.3 Å². The third-order valence-corrected chi connectivity index (χ3v) is 2.56. The quantitative estimate of drug-likeness (QED) is 0.514. The van der Waals surface area contributed by atoms with Crippen LogP contribution in [0.2, 0.25) is 0 Å². The lowest BCUT2D eigenvalue weighted by Gasteiger charge is -2.06. The van der Waals surface area contributed by atoms with E-state index in [2.05, 4.69) is 28.8 Å². The molecular weight excluding hydrogens is 284 g/mol. The largest absolute Gasteiger partial charge is 0.457 e. The molecule has 21 heavy (non-hydrogen) atoms. The van der Waals surface area contributed by atoms with E-state index in [1.807, 2.05) is 24.3 Å². The molecule has 3 N–H and O–H groups in total. The Bertz CT molecular complexity index is 704. The Morgan fingerprint density at radius 1 is 1.24 bits per heavy atom. The van der Waals surface area contributed by atoms with Crippen molar-refractivity contribution in [1.82, 2.24) is 5.43 Å². The molecule has 0 atom stereocenters. The van der Waals surface area contributed by atoms with Crippen molar-refractivity contribution in [3.63, 3.8) is 0 Å². The van der Waals surface area contributed by atoms with Gasteiger partial charge in [-0.1, -0.05) is 12.1 Å². The summed E-state index contributed by atoms with van der Waals surface area (Å²) in [6.07, 6.45) is 1.59. The molecule has 0 radical (unpaired) electrons. The molecule has 0 unspecified atom stereocenters. The van der Waals surface area contributed by atoms with Crippen LogP contribution in [0.5, 0.6) is 11.5 Å². The van der Waals surface area contributed by atoms with Crippen LogP contribution in [0.3, 0.4) is 0 Å². The zero-order valence-electron chi connectivity index (χ0n) is 11.0. The summed E-state index contributed by atoms with van der Waals surface area (Å²) in [5.41, 5.74) is 9.18. The zero-order valence-corrected chi connectivity index (χ0v) is 11.8. The minimum Gasteiger partial charge on any atom is -0.457 e. The van der Waals surface area contributed by atoms with Gasteiger partial charge in [-0.3, -0.25) is 5.43 Å². The van der Waals surface area contributed by atoms with Crippen molar-refractivity contribution in [2.75, 3.05) is 0 Å². The molecule has 2 aromatic carbocycles. The Hall–Kier alpha value is -2.91. The molecule has 0 aliphatic heterocycles. The highest BCUT2D eigenvalue weighted by atomic mass is 32.1. The summed E-state index contributed by atoms with van der Waals surface area (Å²) in [5.74, 6) is 1.32. The summed E-state index contributed by atoms with van der Waals surface area (Å²) in [6.45, 7) is 0. The van der Waals surface area contributed by atoms with Crippen LogP contribution in [0.15, 0.2) is 53.6 Å². The van der Waals surface area contributed by atoms with Gasteiger partial charge in [0.2, 0.25) is 0 Å². The molecule has 0 saturated carbocycles. The van der Waals surface area contributed by atoms with Crippen molar-refractivity contribution < 1.29 is 4.74 Å². The van der Waals surface area contributed by atoms with E-state index < -0.39 is 0 Å². The van der Waals surface area contributed by atoms with E-state index in [-0.39, 0.29) is 5.11 Å². The second-order valence-corrected chi connectivity index (χ2v) is 4.48. The van der Waals surface area contributed by atoms with Gasteiger partial charge in [-0.15, -0.1) is 0 Å². The average Bonchev–Trinajstić information content (AvgIpc) is 2.48. The molecule has 0 amide bonds. The van der Waals surface area contributed by atoms with Crippen LogP contribution >= 0.6 is 12.2 Å². The Kier molecular flexibility index (Phi) is 4.85. The van der Waals surface area contributed by atoms with Gasteiger partial charge in [0.05, 0.1) is 17.8 Å². The minimum atomic E-state index is 0.108. The van der Waals surface area contributed by atoms with Gasteiger partial charge in [-0.25, -0.2) is 0 Å². The first kappa shape index (κ1) is 14.5. The maximum atomic E-state index is 8.75. The molecule has 0 aromatic heterocycles. The summed E-state index contributed by atoms with van der Waals surface area (Å²) >= 11 is 4.65. The Morgan fingerprint density at radius 3 is 2.67 bits per heavy atom. The van der Waals surface area contributed by atoms with Crippen molar-refractivity contribution in [3.8, 4) is 17.6 Å².